The van der Waals surface area contributed by atoms with Crippen molar-refractivity contribution in [2.75, 3.05) is 39.6 Å². The normalized spacial score (nSPS) is 12.0. The first-order valence-corrected chi connectivity index (χ1v) is 14.6. The zero-order valence-corrected chi connectivity index (χ0v) is 24.3. The van der Waals surface area contributed by atoms with Crippen molar-refractivity contribution < 1.29 is 61.3 Å². The van der Waals surface area contributed by atoms with Gasteiger partial charge >= 0.3 is 38.7 Å². The lowest BCUT2D eigenvalue weighted by Gasteiger charge is -2.33. The Hall–Kier alpha value is -3.33. The van der Waals surface area contributed by atoms with Crippen LogP contribution < -0.4 is 0 Å². The Morgan fingerprint density at radius 2 is 1.18 bits per heavy atom. The summed E-state index contributed by atoms with van der Waals surface area (Å²) in [4.78, 5) is 60.2. The zero-order chi connectivity index (χ0) is 30.6. The van der Waals surface area contributed by atoms with E-state index in [1.165, 1.54) is 0 Å². The molecule has 0 saturated heterocycles. The summed E-state index contributed by atoms with van der Waals surface area (Å²) < 4.78 is 38.1. The van der Waals surface area contributed by atoms with E-state index in [1.54, 1.807) is 20.8 Å². The SMILES string of the molecule is C=CC(=O)OCC(COC(=O)C=C)(COC(=O)C=C)OC(=O)C(CCC[Si](OCC)(OCC)OCC)CC(=O)O. The van der Waals surface area contributed by atoms with Crippen molar-refractivity contribution in [1.29, 1.82) is 0 Å². The molecule has 0 aliphatic heterocycles. The van der Waals surface area contributed by atoms with Crippen LogP contribution in [-0.2, 0) is 56.2 Å². The van der Waals surface area contributed by atoms with E-state index in [0.717, 1.165) is 18.2 Å². The number of hydrogen-bond acceptors (Lipinski definition) is 12. The van der Waals surface area contributed by atoms with Crippen molar-refractivity contribution >= 4 is 38.7 Å². The highest BCUT2D eigenvalue weighted by molar-refractivity contribution is 6.60. The molecule has 1 unspecified atom stereocenters. The highest BCUT2D eigenvalue weighted by atomic mass is 28.4. The third-order valence-corrected chi connectivity index (χ3v) is 8.28. The lowest BCUT2D eigenvalue weighted by molar-refractivity contribution is -0.196. The van der Waals surface area contributed by atoms with Crippen molar-refractivity contribution in [2.24, 2.45) is 5.92 Å². The number of rotatable bonds is 23. The van der Waals surface area contributed by atoms with E-state index in [4.69, 9.17) is 32.2 Å². The Balaban J connectivity index is 6.07. The van der Waals surface area contributed by atoms with Crippen molar-refractivity contribution in [3.63, 3.8) is 0 Å². The molecule has 13 nitrogen and oxygen atoms in total. The fourth-order valence-electron chi connectivity index (χ4n) is 3.38. The molecule has 0 aliphatic carbocycles. The monoisotopic (exact) mass is 588 g/mol. The van der Waals surface area contributed by atoms with Crippen LogP contribution in [0.2, 0.25) is 6.04 Å². The molecule has 0 aromatic heterocycles. The molecule has 0 bridgehead atoms. The van der Waals surface area contributed by atoms with Crippen LogP contribution in [0.4, 0.5) is 0 Å². The van der Waals surface area contributed by atoms with Gasteiger partial charge in [-0.15, -0.1) is 0 Å². The first-order chi connectivity index (χ1) is 19.0. The van der Waals surface area contributed by atoms with Crippen molar-refractivity contribution in [3.8, 4) is 0 Å². The van der Waals surface area contributed by atoms with Gasteiger partial charge in [0.15, 0.2) is 0 Å². The molecule has 0 aliphatic rings. The van der Waals surface area contributed by atoms with Crippen molar-refractivity contribution in [3.05, 3.63) is 38.0 Å². The summed E-state index contributed by atoms with van der Waals surface area (Å²) in [6.45, 7) is 14.1. The molecule has 0 amide bonds. The Morgan fingerprint density at radius 1 is 0.775 bits per heavy atom. The largest absolute Gasteiger partial charge is 0.500 e. The van der Waals surface area contributed by atoms with Crippen LogP contribution in [0, 0.1) is 5.92 Å². The predicted molar refractivity (Wildman–Crippen MR) is 143 cm³/mol. The number of ether oxygens (including phenoxy) is 4. The zero-order valence-electron chi connectivity index (χ0n) is 23.3. The topological polar surface area (TPSA) is 170 Å². The van der Waals surface area contributed by atoms with Gasteiger partial charge in [-0.05, 0) is 33.6 Å². The maximum absolute atomic E-state index is 13.3. The van der Waals surface area contributed by atoms with Gasteiger partial charge in [-0.2, -0.15) is 0 Å². The second kappa shape index (κ2) is 19.7. The molecule has 226 valence electrons. The molecule has 0 spiro atoms. The molecule has 0 radical (unpaired) electrons. The van der Waals surface area contributed by atoms with Crippen molar-refractivity contribution in [1.82, 2.24) is 0 Å². The molecule has 1 atom stereocenters. The van der Waals surface area contributed by atoms with E-state index in [2.05, 4.69) is 19.7 Å². The summed E-state index contributed by atoms with van der Waals surface area (Å²) >= 11 is 0. The quantitative estimate of drug-likeness (QED) is 0.0799. The number of carbonyl (C=O) groups is 5. The van der Waals surface area contributed by atoms with Gasteiger partial charge < -0.3 is 37.3 Å². The Labute approximate surface area is 235 Å². The highest BCUT2D eigenvalue weighted by Crippen LogP contribution is 2.26. The number of hydrogen-bond donors (Lipinski definition) is 1. The first kappa shape index (κ1) is 36.7. The summed E-state index contributed by atoms with van der Waals surface area (Å²) in [6.07, 6.45) is 2.25. The predicted octanol–water partition coefficient (Wildman–Crippen LogP) is 2.38. The van der Waals surface area contributed by atoms with Gasteiger partial charge in [0.2, 0.25) is 5.60 Å². The molecule has 0 fully saturated rings. The number of esters is 4. The third-order valence-electron chi connectivity index (χ3n) is 5.13. The van der Waals surface area contributed by atoms with Crippen molar-refractivity contribution in [2.45, 2.75) is 51.7 Å². The van der Waals surface area contributed by atoms with Crippen LogP contribution in [0.1, 0.15) is 40.0 Å². The van der Waals surface area contributed by atoms with E-state index in [0.29, 0.717) is 25.9 Å². The summed E-state index contributed by atoms with van der Waals surface area (Å²) in [5.74, 6) is -6.19. The number of carboxylic acids is 1. The minimum Gasteiger partial charge on any atom is -0.481 e. The van der Waals surface area contributed by atoms with Crippen LogP contribution in [0.5, 0.6) is 0 Å². The second-order valence-electron chi connectivity index (χ2n) is 8.21. The summed E-state index contributed by atoms with van der Waals surface area (Å²) in [6, 6.07) is 0.307. The Kier molecular flexibility index (Phi) is 18.0. The molecular formula is C26H40O13Si. The minimum atomic E-state index is -3.07. The molecule has 0 rings (SSSR count). The molecule has 0 saturated carbocycles. The average Bonchev–Trinajstić information content (AvgIpc) is 2.92. The minimum absolute atomic E-state index is 0.0362. The van der Waals surface area contributed by atoms with Gasteiger partial charge in [0.1, 0.15) is 19.8 Å². The molecule has 0 aromatic carbocycles. The van der Waals surface area contributed by atoms with Crippen LogP contribution in [0.3, 0.4) is 0 Å². The first-order valence-electron chi connectivity index (χ1n) is 12.7. The lowest BCUT2D eigenvalue weighted by atomic mass is 9.99. The van der Waals surface area contributed by atoms with Crippen LogP contribution >= 0.6 is 0 Å². The van der Waals surface area contributed by atoms with E-state index in [1.807, 2.05) is 0 Å². The molecule has 14 heteroatoms. The fraction of sp³-hybridized carbons (Fsp3) is 0.577. The third kappa shape index (κ3) is 14.2. The van der Waals surface area contributed by atoms with Crippen LogP contribution in [-0.4, -0.2) is 89.0 Å². The highest BCUT2D eigenvalue weighted by Gasteiger charge is 2.43. The Bertz CT molecular complexity index is 809. The average molecular weight is 589 g/mol. The maximum atomic E-state index is 13.3. The van der Waals surface area contributed by atoms with Crippen LogP contribution in [0.25, 0.3) is 0 Å². The second-order valence-corrected chi connectivity index (χ2v) is 10.9. The van der Waals surface area contributed by atoms with E-state index >= 15 is 0 Å². The smallest absolute Gasteiger partial charge is 0.481 e. The standard InChI is InChI=1S/C26H40O13Si/c1-7-22(29)33-17-26(18-34-23(30)8-2,19-35-24(31)9-3)39-25(32)20(16-21(27)28)14-13-15-40(36-10-4,37-11-5)38-12-6/h7-9,20H,1-3,10-19H2,4-6H3,(H,27,28). The van der Waals surface area contributed by atoms with E-state index in [-0.39, 0.29) is 12.8 Å². The molecule has 1 N–H and O–H groups in total. The van der Waals surface area contributed by atoms with Gasteiger partial charge in [0, 0.05) is 44.1 Å². The molecule has 40 heavy (non-hydrogen) atoms. The summed E-state index contributed by atoms with van der Waals surface area (Å²) in [5, 5.41) is 9.45. The number of carbonyl (C=O) groups excluding carboxylic acids is 4. The summed E-state index contributed by atoms with van der Waals surface area (Å²) in [5.41, 5.74) is -2.02. The van der Waals surface area contributed by atoms with Crippen LogP contribution in [0.15, 0.2) is 38.0 Å². The summed E-state index contributed by atoms with van der Waals surface area (Å²) in [7, 11) is -3.07. The van der Waals surface area contributed by atoms with Gasteiger partial charge in [-0.1, -0.05) is 19.7 Å². The number of aliphatic carboxylic acids is 1. The molecular weight excluding hydrogens is 548 g/mol. The van der Waals surface area contributed by atoms with E-state index in [9.17, 15) is 29.1 Å². The van der Waals surface area contributed by atoms with Gasteiger partial charge in [-0.25, -0.2) is 14.4 Å². The van der Waals surface area contributed by atoms with E-state index < -0.39 is 76.4 Å². The molecule has 0 heterocycles. The maximum Gasteiger partial charge on any atom is 0.500 e. The van der Waals surface area contributed by atoms with Gasteiger partial charge in [0.05, 0.1) is 12.3 Å². The Morgan fingerprint density at radius 3 is 1.50 bits per heavy atom. The van der Waals surface area contributed by atoms with Gasteiger partial charge in [-0.3, -0.25) is 9.59 Å². The fourth-order valence-corrected chi connectivity index (χ4v) is 6.01. The number of carboxylic acid groups (broad SMARTS) is 1. The molecule has 0 aromatic rings. The lowest BCUT2D eigenvalue weighted by Crippen LogP contribution is -2.50. The van der Waals surface area contributed by atoms with Gasteiger partial charge in [0.25, 0.3) is 0 Å².